The van der Waals surface area contributed by atoms with Crippen LogP contribution in [-0.4, -0.2) is 46.2 Å². The van der Waals surface area contributed by atoms with Crippen molar-refractivity contribution < 1.29 is 9.53 Å². The average Bonchev–Trinajstić information content (AvgIpc) is 3.07. The fourth-order valence-electron chi connectivity index (χ4n) is 2.84. The number of methoxy groups -OCH3 is 1. The maximum atomic E-state index is 13.0. The van der Waals surface area contributed by atoms with Gasteiger partial charge >= 0.3 is 0 Å². The topological polar surface area (TPSA) is 47.4 Å². The highest BCUT2D eigenvalue weighted by Gasteiger charge is 2.39. The van der Waals surface area contributed by atoms with Crippen LogP contribution in [-0.2, 0) is 6.54 Å². The van der Waals surface area contributed by atoms with Gasteiger partial charge in [0.1, 0.15) is 5.69 Å². The Balaban J connectivity index is 2.33. The lowest BCUT2D eigenvalue weighted by molar-refractivity contribution is 0.0687. The number of nitrogens with zero attached hydrogens (tertiary/aromatic N) is 3. The summed E-state index contributed by atoms with van der Waals surface area (Å²) in [5.41, 5.74) is 0.0984. The van der Waals surface area contributed by atoms with Gasteiger partial charge in [0, 0.05) is 6.54 Å². The van der Waals surface area contributed by atoms with Crippen molar-refractivity contribution in [2.45, 2.75) is 52.1 Å². The molecule has 0 spiro atoms. The smallest absolute Gasteiger partial charge is 0.204 e. The number of carbonyl (C=O) groups excluding carboxylic acids is 1. The van der Waals surface area contributed by atoms with E-state index in [0.717, 1.165) is 26.1 Å². The zero-order chi connectivity index (χ0) is 14.8. The van der Waals surface area contributed by atoms with E-state index in [1.807, 2.05) is 13.8 Å². The van der Waals surface area contributed by atoms with Crippen LogP contribution in [0, 0.1) is 0 Å². The molecule has 20 heavy (non-hydrogen) atoms. The Labute approximate surface area is 120 Å². The van der Waals surface area contributed by atoms with E-state index >= 15 is 0 Å². The number of hydrogen-bond donors (Lipinski definition) is 0. The minimum absolute atomic E-state index is 0.0993. The second kappa shape index (κ2) is 5.95. The Morgan fingerprint density at radius 3 is 2.60 bits per heavy atom. The monoisotopic (exact) mass is 279 g/mol. The molecule has 0 N–H and O–H groups in total. The van der Waals surface area contributed by atoms with E-state index in [1.54, 1.807) is 18.0 Å². The summed E-state index contributed by atoms with van der Waals surface area (Å²) >= 11 is 0. The van der Waals surface area contributed by atoms with E-state index in [2.05, 4.69) is 16.9 Å². The van der Waals surface area contributed by atoms with Gasteiger partial charge in [0.05, 0.1) is 18.8 Å². The molecule has 1 aromatic heterocycles. The van der Waals surface area contributed by atoms with Gasteiger partial charge in [-0.1, -0.05) is 6.92 Å². The summed E-state index contributed by atoms with van der Waals surface area (Å²) in [5, 5.41) is 4.29. The van der Waals surface area contributed by atoms with Gasteiger partial charge in [0.2, 0.25) is 5.78 Å². The lowest BCUT2D eigenvalue weighted by atomic mass is 9.94. The van der Waals surface area contributed by atoms with Crippen LogP contribution in [0.3, 0.4) is 0 Å². The summed E-state index contributed by atoms with van der Waals surface area (Å²) in [6.07, 6.45) is 4.92. The minimum Gasteiger partial charge on any atom is -0.493 e. The van der Waals surface area contributed by atoms with Crippen molar-refractivity contribution in [3.05, 3.63) is 11.9 Å². The number of aryl methyl sites for hydroxylation is 1. The lowest BCUT2D eigenvalue weighted by Crippen LogP contribution is -2.49. The Morgan fingerprint density at radius 2 is 2.05 bits per heavy atom. The van der Waals surface area contributed by atoms with Crippen LogP contribution in [0.2, 0.25) is 0 Å². The molecule has 5 heteroatoms. The Morgan fingerprint density at radius 1 is 1.40 bits per heavy atom. The van der Waals surface area contributed by atoms with Crippen LogP contribution < -0.4 is 4.74 Å². The highest BCUT2D eigenvalue weighted by atomic mass is 16.5. The van der Waals surface area contributed by atoms with Crippen molar-refractivity contribution in [2.24, 2.45) is 0 Å². The molecular weight excluding hydrogens is 254 g/mol. The zero-order valence-corrected chi connectivity index (χ0v) is 13.0. The van der Waals surface area contributed by atoms with Crippen molar-refractivity contribution in [1.82, 2.24) is 14.7 Å². The number of ether oxygens (including phenoxy) is 1. The van der Waals surface area contributed by atoms with Crippen LogP contribution in [0.25, 0.3) is 0 Å². The van der Waals surface area contributed by atoms with Crippen LogP contribution in [0.15, 0.2) is 6.20 Å². The van der Waals surface area contributed by atoms with Gasteiger partial charge in [-0.2, -0.15) is 5.10 Å². The molecule has 2 heterocycles. The number of rotatable bonds is 6. The second-order valence-corrected chi connectivity index (χ2v) is 5.87. The van der Waals surface area contributed by atoms with E-state index in [1.165, 1.54) is 12.8 Å². The molecule has 0 amide bonds. The molecule has 1 aromatic rings. The number of carbonyl (C=O) groups is 1. The summed E-state index contributed by atoms with van der Waals surface area (Å²) in [4.78, 5) is 15.3. The Kier molecular flexibility index (Phi) is 4.48. The first-order valence-corrected chi connectivity index (χ1v) is 7.42. The van der Waals surface area contributed by atoms with Crippen LogP contribution in [0.1, 0.15) is 50.5 Å². The minimum atomic E-state index is -0.505. The first-order valence-electron chi connectivity index (χ1n) is 7.42. The molecule has 1 saturated heterocycles. The molecule has 0 atom stereocenters. The van der Waals surface area contributed by atoms with E-state index < -0.39 is 5.54 Å². The Bertz CT molecular complexity index is 473. The van der Waals surface area contributed by atoms with Crippen molar-refractivity contribution in [3.8, 4) is 5.75 Å². The number of Topliss-reactive ketones (excluding diaryl/α,β-unsaturated/α-hetero) is 1. The molecule has 0 bridgehead atoms. The van der Waals surface area contributed by atoms with Gasteiger partial charge in [0.25, 0.3) is 0 Å². The SMILES string of the molecule is CCCn1ncc(OC)c1C(=O)C(C)(C)N1CCCC1. The van der Waals surface area contributed by atoms with E-state index in [9.17, 15) is 4.79 Å². The molecular formula is C15H25N3O2. The van der Waals surface area contributed by atoms with Gasteiger partial charge in [-0.3, -0.25) is 14.4 Å². The van der Waals surface area contributed by atoms with Crippen molar-refractivity contribution in [1.29, 1.82) is 0 Å². The van der Waals surface area contributed by atoms with Crippen LogP contribution in [0.5, 0.6) is 5.75 Å². The predicted molar refractivity (Wildman–Crippen MR) is 78.3 cm³/mol. The molecule has 1 fully saturated rings. The van der Waals surface area contributed by atoms with Crippen LogP contribution >= 0.6 is 0 Å². The molecule has 0 saturated carbocycles. The fourth-order valence-corrected chi connectivity index (χ4v) is 2.84. The molecule has 0 radical (unpaired) electrons. The number of hydrogen-bond acceptors (Lipinski definition) is 4. The summed E-state index contributed by atoms with van der Waals surface area (Å²) < 4.78 is 7.11. The van der Waals surface area contributed by atoms with Gasteiger partial charge in [-0.05, 0) is 46.2 Å². The molecule has 5 nitrogen and oxygen atoms in total. The summed E-state index contributed by atoms with van der Waals surface area (Å²) in [6, 6.07) is 0. The molecule has 112 valence electrons. The number of ketones is 1. The molecule has 1 aliphatic rings. The van der Waals surface area contributed by atoms with Gasteiger partial charge in [0.15, 0.2) is 5.75 Å². The van der Waals surface area contributed by atoms with Gasteiger partial charge < -0.3 is 4.74 Å². The van der Waals surface area contributed by atoms with Crippen LogP contribution in [0.4, 0.5) is 0 Å². The maximum Gasteiger partial charge on any atom is 0.204 e. The van der Waals surface area contributed by atoms with E-state index in [4.69, 9.17) is 4.74 Å². The van der Waals surface area contributed by atoms with E-state index in [0.29, 0.717) is 11.4 Å². The highest BCUT2D eigenvalue weighted by Crippen LogP contribution is 2.29. The van der Waals surface area contributed by atoms with Gasteiger partial charge in [-0.25, -0.2) is 0 Å². The quantitative estimate of drug-likeness (QED) is 0.750. The van der Waals surface area contributed by atoms with Gasteiger partial charge in [-0.15, -0.1) is 0 Å². The maximum absolute atomic E-state index is 13.0. The fraction of sp³-hybridized carbons (Fsp3) is 0.733. The van der Waals surface area contributed by atoms with Crippen molar-refractivity contribution in [2.75, 3.05) is 20.2 Å². The summed E-state index contributed by atoms with van der Waals surface area (Å²) in [6.45, 7) is 8.80. The molecule has 0 aromatic carbocycles. The standard InChI is InChI=1S/C15H25N3O2/c1-5-8-18-13(12(20-4)11-16-18)14(19)15(2,3)17-9-6-7-10-17/h11H,5-10H2,1-4H3. The third-order valence-electron chi connectivity index (χ3n) is 4.13. The Hall–Kier alpha value is -1.36. The van der Waals surface area contributed by atoms with Crippen molar-refractivity contribution >= 4 is 5.78 Å². The third kappa shape index (κ3) is 2.59. The average molecular weight is 279 g/mol. The number of aromatic nitrogens is 2. The largest absolute Gasteiger partial charge is 0.493 e. The zero-order valence-electron chi connectivity index (χ0n) is 13.0. The summed E-state index contributed by atoms with van der Waals surface area (Å²) in [7, 11) is 1.59. The highest BCUT2D eigenvalue weighted by molar-refractivity contribution is 6.03. The molecule has 1 aliphatic heterocycles. The summed E-state index contributed by atoms with van der Waals surface area (Å²) in [5.74, 6) is 0.679. The molecule has 0 aliphatic carbocycles. The number of likely N-dealkylation sites (tertiary alicyclic amines) is 1. The third-order valence-corrected chi connectivity index (χ3v) is 4.13. The molecule has 0 unspecified atom stereocenters. The predicted octanol–water partition coefficient (Wildman–Crippen LogP) is 2.36. The normalized spacial score (nSPS) is 16.6. The molecule has 2 rings (SSSR count). The first kappa shape index (κ1) is 15.0. The van der Waals surface area contributed by atoms with Crippen molar-refractivity contribution in [3.63, 3.8) is 0 Å². The first-order chi connectivity index (χ1) is 9.52. The lowest BCUT2D eigenvalue weighted by Gasteiger charge is -2.34. The van der Waals surface area contributed by atoms with E-state index in [-0.39, 0.29) is 5.78 Å². The second-order valence-electron chi connectivity index (χ2n) is 5.87.